The third-order valence-corrected chi connectivity index (χ3v) is 5.08. The molecule has 24 heavy (non-hydrogen) atoms. The van der Waals surface area contributed by atoms with Crippen LogP contribution < -0.4 is 5.32 Å². The summed E-state index contributed by atoms with van der Waals surface area (Å²) < 4.78 is 0. The number of nitrogens with zero attached hydrogens (tertiary/aromatic N) is 1. The van der Waals surface area contributed by atoms with Crippen LogP contribution in [0.1, 0.15) is 24.0 Å². The monoisotopic (exact) mass is 319 g/mol. The molecular weight excluding hydrogens is 294 g/mol. The van der Waals surface area contributed by atoms with E-state index < -0.39 is 0 Å². The number of benzene rings is 2. The zero-order valence-corrected chi connectivity index (χ0v) is 14.3. The molecule has 1 aliphatic rings. The molecule has 3 aromatic rings. The Kier molecular flexibility index (Phi) is 4.26. The standard InChI is InChI=1S/C21H25N3/c1-16-6-8-18(9-7-16)23-19-10-12-24(13-11-19)15-17-14-22-21-5-3-2-4-20(17)21/h2-9,14,19,22-23H,10-13,15H2,1H3. The highest BCUT2D eigenvalue weighted by Gasteiger charge is 2.19. The molecule has 1 fully saturated rings. The van der Waals surface area contributed by atoms with E-state index >= 15 is 0 Å². The smallest absolute Gasteiger partial charge is 0.0457 e. The molecular formula is C21H25N3. The Balaban J connectivity index is 1.33. The molecule has 1 saturated heterocycles. The molecule has 4 rings (SSSR count). The normalized spacial score (nSPS) is 16.5. The fourth-order valence-corrected chi connectivity index (χ4v) is 3.62. The van der Waals surface area contributed by atoms with Crippen LogP contribution in [0.5, 0.6) is 0 Å². The number of anilines is 1. The Hall–Kier alpha value is -2.26. The van der Waals surface area contributed by atoms with E-state index in [9.17, 15) is 0 Å². The molecule has 0 saturated carbocycles. The highest BCUT2D eigenvalue weighted by atomic mass is 15.1. The second-order valence-electron chi connectivity index (χ2n) is 6.92. The summed E-state index contributed by atoms with van der Waals surface area (Å²) in [6.45, 7) is 5.49. The number of likely N-dealkylation sites (tertiary alicyclic amines) is 1. The van der Waals surface area contributed by atoms with E-state index in [1.807, 2.05) is 0 Å². The van der Waals surface area contributed by atoms with Gasteiger partial charge in [-0.1, -0.05) is 35.9 Å². The van der Waals surface area contributed by atoms with Gasteiger partial charge >= 0.3 is 0 Å². The third kappa shape index (κ3) is 3.31. The lowest BCUT2D eigenvalue weighted by Crippen LogP contribution is -2.38. The summed E-state index contributed by atoms with van der Waals surface area (Å²) in [4.78, 5) is 5.96. The predicted molar refractivity (Wildman–Crippen MR) is 101 cm³/mol. The van der Waals surface area contributed by atoms with E-state index in [4.69, 9.17) is 0 Å². The summed E-state index contributed by atoms with van der Waals surface area (Å²) in [6, 6.07) is 17.9. The van der Waals surface area contributed by atoms with Crippen molar-refractivity contribution in [3.05, 3.63) is 65.9 Å². The molecule has 0 atom stereocenters. The molecule has 0 bridgehead atoms. The second-order valence-corrected chi connectivity index (χ2v) is 6.92. The average molecular weight is 319 g/mol. The second kappa shape index (κ2) is 6.70. The number of aromatic amines is 1. The van der Waals surface area contributed by atoms with E-state index in [-0.39, 0.29) is 0 Å². The minimum Gasteiger partial charge on any atom is -0.382 e. The Morgan fingerprint density at radius 3 is 2.58 bits per heavy atom. The van der Waals surface area contributed by atoms with Gasteiger partial charge in [0.1, 0.15) is 0 Å². The van der Waals surface area contributed by atoms with Crippen molar-refractivity contribution in [2.24, 2.45) is 0 Å². The number of fused-ring (bicyclic) bond motifs is 1. The molecule has 1 aliphatic heterocycles. The molecule has 3 nitrogen and oxygen atoms in total. The lowest BCUT2D eigenvalue weighted by molar-refractivity contribution is 0.212. The minimum atomic E-state index is 0.590. The number of hydrogen-bond donors (Lipinski definition) is 2. The Morgan fingerprint density at radius 2 is 1.79 bits per heavy atom. The molecule has 124 valence electrons. The van der Waals surface area contributed by atoms with E-state index in [2.05, 4.69) is 76.9 Å². The molecule has 0 spiro atoms. The van der Waals surface area contributed by atoms with Crippen molar-refractivity contribution in [3.8, 4) is 0 Å². The lowest BCUT2D eigenvalue weighted by atomic mass is 10.0. The van der Waals surface area contributed by atoms with Crippen molar-refractivity contribution in [3.63, 3.8) is 0 Å². The summed E-state index contributed by atoms with van der Waals surface area (Å²) in [5.41, 5.74) is 5.21. The zero-order chi connectivity index (χ0) is 16.4. The van der Waals surface area contributed by atoms with Gasteiger partial charge in [-0.25, -0.2) is 0 Å². The maximum Gasteiger partial charge on any atom is 0.0457 e. The summed E-state index contributed by atoms with van der Waals surface area (Å²) in [6.07, 6.45) is 4.58. The van der Waals surface area contributed by atoms with Crippen LogP contribution in [0.3, 0.4) is 0 Å². The summed E-state index contributed by atoms with van der Waals surface area (Å²) in [5, 5.41) is 5.04. The highest BCUT2D eigenvalue weighted by molar-refractivity contribution is 5.82. The number of H-pyrrole nitrogens is 1. The van der Waals surface area contributed by atoms with E-state index in [0.717, 1.165) is 19.6 Å². The van der Waals surface area contributed by atoms with Crippen molar-refractivity contribution in [1.82, 2.24) is 9.88 Å². The van der Waals surface area contributed by atoms with Gasteiger partial charge < -0.3 is 10.3 Å². The summed E-state index contributed by atoms with van der Waals surface area (Å²) >= 11 is 0. The average Bonchev–Trinajstić information content (AvgIpc) is 3.02. The lowest BCUT2D eigenvalue weighted by Gasteiger charge is -2.32. The highest BCUT2D eigenvalue weighted by Crippen LogP contribution is 2.22. The minimum absolute atomic E-state index is 0.590. The summed E-state index contributed by atoms with van der Waals surface area (Å²) in [5.74, 6) is 0. The van der Waals surface area contributed by atoms with Gasteiger partial charge in [0.05, 0.1) is 0 Å². The van der Waals surface area contributed by atoms with Crippen LogP contribution in [0.2, 0.25) is 0 Å². The van der Waals surface area contributed by atoms with Gasteiger partial charge in [-0.2, -0.15) is 0 Å². The van der Waals surface area contributed by atoms with Gasteiger partial charge in [0.2, 0.25) is 0 Å². The Morgan fingerprint density at radius 1 is 1.04 bits per heavy atom. The van der Waals surface area contributed by atoms with Crippen LogP contribution in [0, 0.1) is 6.92 Å². The maximum absolute atomic E-state index is 3.68. The molecule has 3 heteroatoms. The van der Waals surface area contributed by atoms with Crippen LogP contribution in [0.15, 0.2) is 54.7 Å². The molecule has 0 amide bonds. The number of aryl methyl sites for hydroxylation is 1. The number of nitrogens with one attached hydrogen (secondary N) is 2. The van der Waals surface area contributed by atoms with Crippen LogP contribution in [-0.4, -0.2) is 29.0 Å². The number of rotatable bonds is 4. The fraction of sp³-hybridized carbons (Fsp3) is 0.333. The zero-order valence-electron chi connectivity index (χ0n) is 14.3. The van der Waals surface area contributed by atoms with E-state index in [0.29, 0.717) is 6.04 Å². The van der Waals surface area contributed by atoms with E-state index in [1.165, 1.54) is 40.6 Å². The van der Waals surface area contributed by atoms with Gasteiger partial charge in [-0.05, 0) is 43.5 Å². The number of piperidine rings is 1. The van der Waals surface area contributed by atoms with Gasteiger partial charge in [-0.15, -0.1) is 0 Å². The predicted octanol–water partition coefficient (Wildman–Crippen LogP) is 4.55. The maximum atomic E-state index is 3.68. The van der Waals surface area contributed by atoms with Crippen molar-refractivity contribution in [2.45, 2.75) is 32.4 Å². The summed E-state index contributed by atoms with van der Waals surface area (Å²) in [7, 11) is 0. The number of hydrogen-bond acceptors (Lipinski definition) is 2. The quantitative estimate of drug-likeness (QED) is 0.739. The Labute approximate surface area is 143 Å². The van der Waals surface area contributed by atoms with Crippen LogP contribution in [0.25, 0.3) is 10.9 Å². The largest absolute Gasteiger partial charge is 0.382 e. The molecule has 2 N–H and O–H groups in total. The van der Waals surface area contributed by atoms with Gasteiger partial charge in [-0.3, -0.25) is 4.90 Å². The van der Waals surface area contributed by atoms with Crippen LogP contribution >= 0.6 is 0 Å². The van der Waals surface area contributed by atoms with Crippen molar-refractivity contribution in [1.29, 1.82) is 0 Å². The van der Waals surface area contributed by atoms with Crippen LogP contribution in [-0.2, 0) is 6.54 Å². The molecule has 2 heterocycles. The van der Waals surface area contributed by atoms with Gasteiger partial charge in [0, 0.05) is 48.5 Å². The first kappa shape index (κ1) is 15.3. The molecule has 0 aliphatic carbocycles. The first-order valence-electron chi connectivity index (χ1n) is 8.88. The number of para-hydroxylation sites is 1. The Bertz CT molecular complexity index is 795. The van der Waals surface area contributed by atoms with Gasteiger partial charge in [0.15, 0.2) is 0 Å². The van der Waals surface area contributed by atoms with Crippen molar-refractivity contribution >= 4 is 16.6 Å². The van der Waals surface area contributed by atoms with Crippen LogP contribution in [0.4, 0.5) is 5.69 Å². The van der Waals surface area contributed by atoms with Gasteiger partial charge in [0.25, 0.3) is 0 Å². The fourth-order valence-electron chi connectivity index (χ4n) is 3.62. The van der Waals surface area contributed by atoms with E-state index in [1.54, 1.807) is 0 Å². The topological polar surface area (TPSA) is 31.1 Å². The molecule has 0 radical (unpaired) electrons. The third-order valence-electron chi connectivity index (χ3n) is 5.08. The van der Waals surface area contributed by atoms with Crippen molar-refractivity contribution < 1.29 is 0 Å². The molecule has 0 unspecified atom stereocenters. The number of aromatic nitrogens is 1. The van der Waals surface area contributed by atoms with Crippen molar-refractivity contribution in [2.75, 3.05) is 18.4 Å². The first-order valence-corrected chi connectivity index (χ1v) is 8.88. The molecule has 2 aromatic carbocycles. The SMILES string of the molecule is Cc1ccc(NC2CCN(Cc3c[nH]c4ccccc34)CC2)cc1. The first-order chi connectivity index (χ1) is 11.8. The molecule has 1 aromatic heterocycles.